The minimum atomic E-state index is -0.340. The molecule has 0 aliphatic carbocycles. The van der Waals surface area contributed by atoms with Crippen LogP contribution < -0.4 is 10.1 Å². The van der Waals surface area contributed by atoms with Gasteiger partial charge in [-0.25, -0.2) is 0 Å². The zero-order valence-corrected chi connectivity index (χ0v) is 20.4. The number of benzene rings is 2. The number of rotatable bonds is 9. The van der Waals surface area contributed by atoms with Crippen molar-refractivity contribution in [3.63, 3.8) is 0 Å². The Labute approximate surface area is 203 Å². The molecule has 0 fully saturated rings. The third-order valence-corrected chi connectivity index (χ3v) is 6.32. The monoisotopic (exact) mass is 540 g/mol. The van der Waals surface area contributed by atoms with Crippen LogP contribution >= 0.6 is 50.9 Å². The zero-order chi connectivity index (χ0) is 22.4. The Morgan fingerprint density at radius 3 is 2.68 bits per heavy atom. The molecule has 2 aromatic carbocycles. The van der Waals surface area contributed by atoms with Gasteiger partial charge in [-0.05, 0) is 49.4 Å². The van der Waals surface area contributed by atoms with Gasteiger partial charge in [-0.15, -0.1) is 16.8 Å². The number of carbonyl (C=O) groups excluding carboxylic acids is 1. The Bertz CT molecular complexity index is 1080. The van der Waals surface area contributed by atoms with Gasteiger partial charge in [0.1, 0.15) is 5.75 Å². The number of halogens is 3. The highest BCUT2D eigenvalue weighted by molar-refractivity contribution is 9.10. The SMILES string of the molecule is C=CCn1c(SCC(=O)Nc2ccc(Cl)c(Cl)c2)nnc1C(C)Oc1ccc(Br)cc1. The molecule has 3 aromatic rings. The molecule has 1 aromatic heterocycles. The van der Waals surface area contributed by atoms with Crippen molar-refractivity contribution >= 4 is 62.5 Å². The number of allylic oxidation sites excluding steroid dienone is 1. The summed E-state index contributed by atoms with van der Waals surface area (Å²) < 4.78 is 8.85. The number of hydrogen-bond acceptors (Lipinski definition) is 5. The molecule has 1 heterocycles. The second-order valence-corrected chi connectivity index (χ2v) is 9.09. The molecule has 1 unspecified atom stereocenters. The first-order valence-electron chi connectivity index (χ1n) is 9.21. The van der Waals surface area contributed by atoms with E-state index < -0.39 is 0 Å². The Hall–Kier alpha value is -2.00. The zero-order valence-electron chi connectivity index (χ0n) is 16.5. The van der Waals surface area contributed by atoms with Crippen LogP contribution in [0.15, 0.2) is 64.7 Å². The smallest absolute Gasteiger partial charge is 0.234 e. The fraction of sp³-hybridized carbons (Fsp3) is 0.190. The molecular weight excluding hydrogens is 523 g/mol. The van der Waals surface area contributed by atoms with Crippen molar-refractivity contribution < 1.29 is 9.53 Å². The predicted octanol–water partition coefficient (Wildman–Crippen LogP) is 6.40. The Morgan fingerprint density at radius 1 is 1.26 bits per heavy atom. The van der Waals surface area contributed by atoms with Crippen LogP contribution in [-0.4, -0.2) is 26.4 Å². The lowest BCUT2D eigenvalue weighted by Crippen LogP contribution is -2.15. The minimum absolute atomic E-state index is 0.150. The fourth-order valence-electron chi connectivity index (χ4n) is 2.68. The molecule has 1 amide bonds. The lowest BCUT2D eigenvalue weighted by Gasteiger charge is -2.15. The second-order valence-electron chi connectivity index (χ2n) is 6.42. The number of nitrogens with one attached hydrogen (secondary N) is 1. The van der Waals surface area contributed by atoms with E-state index >= 15 is 0 Å². The standard InChI is InChI=1S/C21H19BrCl2N4O2S/c1-3-10-28-20(13(2)30-16-7-4-14(22)5-8-16)26-27-21(28)31-12-19(29)25-15-6-9-17(23)18(24)11-15/h3-9,11,13H,1,10,12H2,2H3,(H,25,29). The van der Waals surface area contributed by atoms with Gasteiger partial charge in [0.15, 0.2) is 17.1 Å². The Morgan fingerprint density at radius 2 is 2.00 bits per heavy atom. The lowest BCUT2D eigenvalue weighted by molar-refractivity contribution is -0.113. The summed E-state index contributed by atoms with van der Waals surface area (Å²) in [5.41, 5.74) is 0.574. The van der Waals surface area contributed by atoms with Crippen LogP contribution in [0.4, 0.5) is 5.69 Å². The van der Waals surface area contributed by atoms with Gasteiger partial charge in [0.25, 0.3) is 0 Å². The maximum Gasteiger partial charge on any atom is 0.234 e. The van der Waals surface area contributed by atoms with Crippen LogP contribution in [0.5, 0.6) is 5.75 Å². The summed E-state index contributed by atoms with van der Waals surface area (Å²) in [4.78, 5) is 12.3. The van der Waals surface area contributed by atoms with Crippen molar-refractivity contribution in [1.82, 2.24) is 14.8 Å². The molecular formula is C21H19BrCl2N4O2S. The molecule has 0 aliphatic rings. The van der Waals surface area contributed by atoms with E-state index in [0.29, 0.717) is 33.3 Å². The molecule has 0 spiro atoms. The van der Waals surface area contributed by atoms with E-state index in [1.807, 2.05) is 35.8 Å². The van der Waals surface area contributed by atoms with Crippen LogP contribution in [0.1, 0.15) is 18.9 Å². The molecule has 0 aliphatic heterocycles. The molecule has 162 valence electrons. The van der Waals surface area contributed by atoms with Crippen LogP contribution in [0.2, 0.25) is 10.0 Å². The topological polar surface area (TPSA) is 69.0 Å². The molecule has 0 radical (unpaired) electrons. The third-order valence-electron chi connectivity index (χ3n) is 4.08. The van der Waals surface area contributed by atoms with Gasteiger partial charge in [-0.3, -0.25) is 9.36 Å². The fourth-order valence-corrected chi connectivity index (χ4v) is 4.00. The predicted molar refractivity (Wildman–Crippen MR) is 129 cm³/mol. The van der Waals surface area contributed by atoms with Crippen molar-refractivity contribution in [2.75, 3.05) is 11.1 Å². The molecule has 6 nitrogen and oxygen atoms in total. The summed E-state index contributed by atoms with van der Waals surface area (Å²) >= 11 is 16.6. The van der Waals surface area contributed by atoms with Crippen LogP contribution in [0.3, 0.4) is 0 Å². The largest absolute Gasteiger partial charge is 0.483 e. The number of nitrogens with zero attached hydrogens (tertiary/aromatic N) is 3. The first-order valence-corrected chi connectivity index (χ1v) is 11.7. The van der Waals surface area contributed by atoms with Crippen molar-refractivity contribution in [1.29, 1.82) is 0 Å². The maximum absolute atomic E-state index is 12.3. The number of aromatic nitrogens is 3. The van der Waals surface area contributed by atoms with E-state index in [0.717, 1.165) is 10.2 Å². The third kappa shape index (κ3) is 6.49. The van der Waals surface area contributed by atoms with E-state index in [9.17, 15) is 4.79 Å². The summed E-state index contributed by atoms with van der Waals surface area (Å²) in [5, 5.41) is 12.7. The van der Waals surface area contributed by atoms with Crippen molar-refractivity contribution in [3.05, 3.63) is 75.5 Å². The summed E-state index contributed by atoms with van der Waals surface area (Å²) in [6, 6.07) is 12.5. The van der Waals surface area contributed by atoms with Crippen LogP contribution in [0, 0.1) is 0 Å². The second kappa shape index (κ2) is 11.0. The quantitative estimate of drug-likeness (QED) is 0.250. The van der Waals surface area contributed by atoms with Gasteiger partial charge in [-0.2, -0.15) is 0 Å². The Kier molecular flexibility index (Phi) is 8.43. The highest BCUT2D eigenvalue weighted by atomic mass is 79.9. The van der Waals surface area contributed by atoms with E-state index in [4.69, 9.17) is 27.9 Å². The van der Waals surface area contributed by atoms with E-state index in [1.54, 1.807) is 24.3 Å². The maximum atomic E-state index is 12.3. The van der Waals surface area contributed by atoms with Crippen molar-refractivity contribution in [2.24, 2.45) is 0 Å². The molecule has 0 saturated heterocycles. The summed E-state index contributed by atoms with van der Waals surface area (Å²) in [7, 11) is 0. The number of ether oxygens (including phenoxy) is 1. The van der Waals surface area contributed by atoms with Gasteiger partial charge in [0.05, 0.1) is 15.8 Å². The molecule has 3 rings (SSSR count). The number of hydrogen-bond donors (Lipinski definition) is 1. The average molecular weight is 542 g/mol. The highest BCUT2D eigenvalue weighted by Crippen LogP contribution is 2.27. The molecule has 10 heteroatoms. The minimum Gasteiger partial charge on any atom is -0.483 e. The first kappa shape index (κ1) is 23.7. The molecule has 1 N–H and O–H groups in total. The summed E-state index contributed by atoms with van der Waals surface area (Å²) in [6.45, 7) is 6.20. The van der Waals surface area contributed by atoms with Crippen LogP contribution in [0.25, 0.3) is 0 Å². The Balaban J connectivity index is 1.66. The molecule has 31 heavy (non-hydrogen) atoms. The van der Waals surface area contributed by atoms with Crippen molar-refractivity contribution in [3.8, 4) is 5.75 Å². The summed E-state index contributed by atoms with van der Waals surface area (Å²) in [6.07, 6.45) is 1.41. The first-order chi connectivity index (χ1) is 14.9. The van der Waals surface area contributed by atoms with Crippen molar-refractivity contribution in [2.45, 2.75) is 24.7 Å². The van der Waals surface area contributed by atoms with E-state index in [-0.39, 0.29) is 17.8 Å². The van der Waals surface area contributed by atoms with E-state index in [1.165, 1.54) is 11.8 Å². The van der Waals surface area contributed by atoms with Gasteiger partial charge in [0, 0.05) is 16.7 Å². The lowest BCUT2D eigenvalue weighted by atomic mass is 10.3. The number of carbonyl (C=O) groups is 1. The van der Waals surface area contributed by atoms with Gasteiger partial charge < -0.3 is 10.1 Å². The number of thioether (sulfide) groups is 1. The number of amides is 1. The normalized spacial score (nSPS) is 11.7. The van der Waals surface area contributed by atoms with Gasteiger partial charge >= 0.3 is 0 Å². The molecule has 1 atom stereocenters. The summed E-state index contributed by atoms with van der Waals surface area (Å²) in [5.74, 6) is 1.32. The van der Waals surface area contributed by atoms with Crippen LogP contribution in [-0.2, 0) is 11.3 Å². The van der Waals surface area contributed by atoms with E-state index in [2.05, 4.69) is 38.0 Å². The van der Waals surface area contributed by atoms with Gasteiger partial charge in [-0.1, -0.05) is 57.0 Å². The number of anilines is 1. The molecule has 0 bridgehead atoms. The van der Waals surface area contributed by atoms with Gasteiger partial charge in [0.2, 0.25) is 5.91 Å². The average Bonchev–Trinajstić information content (AvgIpc) is 3.14. The highest BCUT2D eigenvalue weighted by Gasteiger charge is 2.20. The molecule has 0 saturated carbocycles.